The third-order valence-corrected chi connectivity index (χ3v) is 4.05. The molecular formula is C19H42O. The van der Waals surface area contributed by atoms with Crippen molar-refractivity contribution in [2.45, 2.75) is 100 Å². The molecule has 1 saturated carbocycles. The van der Waals surface area contributed by atoms with Crippen LogP contribution in [-0.2, 0) is 4.74 Å². The van der Waals surface area contributed by atoms with Crippen LogP contribution in [0, 0.1) is 17.8 Å². The molecule has 124 valence electrons. The van der Waals surface area contributed by atoms with Gasteiger partial charge >= 0.3 is 0 Å². The summed E-state index contributed by atoms with van der Waals surface area (Å²) >= 11 is 0. The number of rotatable bonds is 2. The largest absolute Gasteiger partial charge is 0.378 e. The van der Waals surface area contributed by atoms with Crippen molar-refractivity contribution in [3.8, 4) is 0 Å². The van der Waals surface area contributed by atoms with E-state index in [0.717, 1.165) is 24.4 Å². The van der Waals surface area contributed by atoms with Crippen LogP contribution in [0.5, 0.6) is 0 Å². The van der Waals surface area contributed by atoms with Gasteiger partial charge < -0.3 is 4.74 Å². The normalized spacial score (nSPS) is 21.6. The van der Waals surface area contributed by atoms with E-state index in [4.69, 9.17) is 4.74 Å². The highest BCUT2D eigenvalue weighted by atomic mass is 16.5. The summed E-state index contributed by atoms with van der Waals surface area (Å²) in [5.41, 5.74) is 0. The van der Waals surface area contributed by atoms with Crippen LogP contribution in [0.15, 0.2) is 0 Å². The van der Waals surface area contributed by atoms with Crippen molar-refractivity contribution in [2.24, 2.45) is 17.8 Å². The molecule has 1 saturated heterocycles. The van der Waals surface area contributed by atoms with E-state index in [0.29, 0.717) is 6.10 Å². The smallest absolute Gasteiger partial charge is 0.0598 e. The molecule has 20 heavy (non-hydrogen) atoms. The van der Waals surface area contributed by atoms with E-state index in [9.17, 15) is 0 Å². The Morgan fingerprint density at radius 3 is 1.40 bits per heavy atom. The van der Waals surface area contributed by atoms with Gasteiger partial charge in [-0.05, 0) is 30.6 Å². The lowest BCUT2D eigenvalue weighted by Crippen LogP contribution is -2.12. The van der Waals surface area contributed by atoms with E-state index in [1.54, 1.807) is 0 Å². The average Bonchev–Trinajstić information content (AvgIpc) is 3.17. The van der Waals surface area contributed by atoms with Crippen LogP contribution in [-0.4, -0.2) is 12.7 Å². The molecule has 1 heteroatoms. The summed E-state index contributed by atoms with van der Waals surface area (Å²) in [7, 11) is 0. The first-order chi connectivity index (χ1) is 9.61. The van der Waals surface area contributed by atoms with Gasteiger partial charge in [0.15, 0.2) is 0 Å². The van der Waals surface area contributed by atoms with Gasteiger partial charge in [0.2, 0.25) is 0 Å². The fraction of sp³-hybridized carbons (Fsp3) is 1.00. The Bertz CT molecular complexity index is 143. The second kappa shape index (κ2) is 15.4. The summed E-state index contributed by atoms with van der Waals surface area (Å²) in [6.45, 7) is 18.1. The maximum atomic E-state index is 5.41. The Balaban J connectivity index is 0. The molecule has 1 unspecified atom stereocenters. The molecule has 1 heterocycles. The first-order valence-corrected chi connectivity index (χ1v) is 9.23. The van der Waals surface area contributed by atoms with Crippen LogP contribution in [0.1, 0.15) is 93.9 Å². The van der Waals surface area contributed by atoms with Gasteiger partial charge in [-0.2, -0.15) is 0 Å². The third kappa shape index (κ3) is 10.7. The molecule has 0 aromatic rings. The van der Waals surface area contributed by atoms with Crippen LogP contribution in [0.4, 0.5) is 0 Å². The molecule has 1 atom stereocenters. The summed E-state index contributed by atoms with van der Waals surface area (Å²) in [6.07, 6.45) is 9.08. The second-order valence-electron chi connectivity index (χ2n) is 6.08. The van der Waals surface area contributed by atoms with Crippen molar-refractivity contribution >= 4 is 0 Å². The Labute approximate surface area is 129 Å². The highest BCUT2D eigenvalue weighted by Crippen LogP contribution is 2.30. The minimum absolute atomic E-state index is 0.565. The van der Waals surface area contributed by atoms with Gasteiger partial charge in [-0.15, -0.1) is 0 Å². The molecule has 2 rings (SSSR count). The van der Waals surface area contributed by atoms with Crippen molar-refractivity contribution in [3.63, 3.8) is 0 Å². The minimum Gasteiger partial charge on any atom is -0.378 e. The molecule has 0 spiro atoms. The topological polar surface area (TPSA) is 9.23 Å². The zero-order valence-corrected chi connectivity index (χ0v) is 15.7. The molecule has 2 fully saturated rings. The second-order valence-corrected chi connectivity index (χ2v) is 6.08. The number of ether oxygens (including phenoxy) is 1. The SMILES string of the molecule is CC.CC.CC(C)C1CCCC1.CC(C)C1CCCO1. The zero-order valence-electron chi connectivity index (χ0n) is 15.7. The first-order valence-electron chi connectivity index (χ1n) is 9.23. The summed E-state index contributed by atoms with van der Waals surface area (Å²) in [5, 5.41) is 0. The minimum atomic E-state index is 0.565. The molecule has 0 aromatic carbocycles. The molecule has 0 radical (unpaired) electrons. The Morgan fingerprint density at radius 1 is 0.700 bits per heavy atom. The van der Waals surface area contributed by atoms with Crippen LogP contribution in [0.2, 0.25) is 0 Å². The van der Waals surface area contributed by atoms with Crippen molar-refractivity contribution in [3.05, 3.63) is 0 Å². The molecule has 0 amide bonds. The Hall–Kier alpha value is -0.0400. The highest BCUT2D eigenvalue weighted by molar-refractivity contribution is 4.69. The predicted octanol–water partition coefficient (Wildman–Crippen LogP) is 6.71. The van der Waals surface area contributed by atoms with E-state index in [-0.39, 0.29) is 0 Å². The van der Waals surface area contributed by atoms with E-state index in [1.165, 1.54) is 38.5 Å². The quantitative estimate of drug-likeness (QED) is 0.548. The average molecular weight is 287 g/mol. The fourth-order valence-corrected chi connectivity index (χ4v) is 2.75. The van der Waals surface area contributed by atoms with E-state index in [1.807, 2.05) is 27.7 Å². The van der Waals surface area contributed by atoms with Gasteiger partial charge in [0.1, 0.15) is 0 Å². The van der Waals surface area contributed by atoms with Crippen molar-refractivity contribution in [2.75, 3.05) is 6.61 Å². The molecule has 1 aliphatic heterocycles. The standard InChI is InChI=1S/C8H16.C7H14O.2C2H6/c1-7(2)8-5-3-4-6-8;1-6(2)7-4-3-5-8-7;2*1-2/h7-8H,3-6H2,1-2H3;6-7H,3-5H2,1-2H3;2*1-2H3. The van der Waals surface area contributed by atoms with Gasteiger partial charge in [-0.3, -0.25) is 0 Å². The number of hydrogen-bond donors (Lipinski definition) is 0. The predicted molar refractivity (Wildman–Crippen MR) is 93.3 cm³/mol. The molecule has 0 N–H and O–H groups in total. The molecular weight excluding hydrogens is 244 g/mol. The van der Waals surface area contributed by atoms with Gasteiger partial charge in [0.05, 0.1) is 6.10 Å². The van der Waals surface area contributed by atoms with Crippen molar-refractivity contribution in [1.82, 2.24) is 0 Å². The van der Waals surface area contributed by atoms with E-state index in [2.05, 4.69) is 27.7 Å². The Kier molecular flexibility index (Phi) is 17.1. The van der Waals surface area contributed by atoms with Crippen molar-refractivity contribution < 1.29 is 4.74 Å². The molecule has 1 aliphatic carbocycles. The van der Waals surface area contributed by atoms with Crippen molar-refractivity contribution in [1.29, 1.82) is 0 Å². The van der Waals surface area contributed by atoms with E-state index >= 15 is 0 Å². The maximum Gasteiger partial charge on any atom is 0.0598 e. The highest BCUT2D eigenvalue weighted by Gasteiger charge is 2.18. The zero-order chi connectivity index (χ0) is 16.0. The molecule has 1 nitrogen and oxygen atoms in total. The van der Waals surface area contributed by atoms with Crippen LogP contribution >= 0.6 is 0 Å². The first kappa shape index (κ1) is 22.2. The lowest BCUT2D eigenvalue weighted by Gasteiger charge is -2.11. The van der Waals surface area contributed by atoms with Gasteiger partial charge in [0, 0.05) is 6.61 Å². The molecule has 0 aromatic heterocycles. The summed E-state index contributed by atoms with van der Waals surface area (Å²) in [6, 6.07) is 0. The van der Waals surface area contributed by atoms with Crippen LogP contribution in [0.3, 0.4) is 0 Å². The Morgan fingerprint density at radius 2 is 1.20 bits per heavy atom. The maximum absolute atomic E-state index is 5.41. The molecule has 2 aliphatic rings. The summed E-state index contributed by atoms with van der Waals surface area (Å²) in [4.78, 5) is 0. The lowest BCUT2D eigenvalue weighted by molar-refractivity contribution is 0.0758. The summed E-state index contributed by atoms with van der Waals surface area (Å²) < 4.78 is 5.41. The van der Waals surface area contributed by atoms with Gasteiger partial charge in [-0.1, -0.05) is 81.1 Å². The van der Waals surface area contributed by atoms with Gasteiger partial charge in [-0.25, -0.2) is 0 Å². The number of hydrogen-bond acceptors (Lipinski definition) is 1. The van der Waals surface area contributed by atoms with Crippen LogP contribution < -0.4 is 0 Å². The fourth-order valence-electron chi connectivity index (χ4n) is 2.75. The third-order valence-electron chi connectivity index (χ3n) is 4.05. The van der Waals surface area contributed by atoms with Gasteiger partial charge in [0.25, 0.3) is 0 Å². The summed E-state index contributed by atoms with van der Waals surface area (Å²) in [5.74, 6) is 2.73. The van der Waals surface area contributed by atoms with E-state index < -0.39 is 0 Å². The molecule has 0 bridgehead atoms. The van der Waals surface area contributed by atoms with Crippen LogP contribution in [0.25, 0.3) is 0 Å². The monoisotopic (exact) mass is 286 g/mol. The lowest BCUT2D eigenvalue weighted by atomic mass is 9.95.